The van der Waals surface area contributed by atoms with Crippen LogP contribution in [0.25, 0.3) is 11.0 Å². The number of aromatic nitrogens is 2. The van der Waals surface area contributed by atoms with E-state index in [1.54, 1.807) is 31.2 Å². The molecule has 2 aromatic carbocycles. The molecule has 0 unspecified atom stereocenters. The lowest BCUT2D eigenvalue weighted by atomic mass is 10.1. The minimum Gasteiger partial charge on any atom is -0.311 e. The molecule has 0 bridgehead atoms. The molecule has 27 heavy (non-hydrogen) atoms. The highest BCUT2D eigenvalue weighted by Crippen LogP contribution is 2.31. The van der Waals surface area contributed by atoms with Gasteiger partial charge >= 0.3 is 6.18 Å². The van der Waals surface area contributed by atoms with Crippen molar-refractivity contribution in [3.05, 3.63) is 64.4 Å². The standard InChI is InChI=1S/C18H14BrF3N4O/c1-11(12-6-8-13(19)9-7-12)24-25-16(27)10-26-15-5-3-2-4-14(15)23-17(26)18(20,21)22/h2-9H,10H2,1H3,(H,25,27)/b24-11+. The van der Waals surface area contributed by atoms with Gasteiger partial charge in [-0.1, -0.05) is 40.2 Å². The van der Waals surface area contributed by atoms with Crippen molar-refractivity contribution in [1.82, 2.24) is 15.0 Å². The molecule has 0 aliphatic carbocycles. The summed E-state index contributed by atoms with van der Waals surface area (Å²) >= 11 is 3.32. The lowest BCUT2D eigenvalue weighted by Crippen LogP contribution is -2.27. The minimum absolute atomic E-state index is 0.173. The molecular weight excluding hydrogens is 425 g/mol. The van der Waals surface area contributed by atoms with Crippen LogP contribution in [0.1, 0.15) is 18.3 Å². The van der Waals surface area contributed by atoms with Gasteiger partial charge in [0.15, 0.2) is 0 Å². The highest BCUT2D eigenvalue weighted by molar-refractivity contribution is 9.10. The summed E-state index contributed by atoms with van der Waals surface area (Å²) in [7, 11) is 0. The number of carbonyl (C=O) groups excluding carboxylic acids is 1. The van der Waals surface area contributed by atoms with Gasteiger partial charge in [-0.25, -0.2) is 10.4 Å². The van der Waals surface area contributed by atoms with E-state index in [0.29, 0.717) is 5.71 Å². The number of halogens is 4. The Hall–Kier alpha value is -2.68. The summed E-state index contributed by atoms with van der Waals surface area (Å²) in [6, 6.07) is 13.4. The van der Waals surface area contributed by atoms with Gasteiger partial charge in [-0.3, -0.25) is 4.79 Å². The maximum atomic E-state index is 13.3. The van der Waals surface area contributed by atoms with E-state index in [9.17, 15) is 18.0 Å². The van der Waals surface area contributed by atoms with E-state index < -0.39 is 24.5 Å². The molecule has 1 amide bonds. The van der Waals surface area contributed by atoms with E-state index in [-0.39, 0.29) is 11.0 Å². The average molecular weight is 439 g/mol. The average Bonchev–Trinajstić information content (AvgIpc) is 2.99. The molecule has 9 heteroatoms. The van der Waals surface area contributed by atoms with Gasteiger partial charge in [-0.2, -0.15) is 18.3 Å². The number of hydrazone groups is 1. The number of hydrogen-bond acceptors (Lipinski definition) is 3. The molecule has 0 saturated carbocycles. The Morgan fingerprint density at radius 3 is 2.52 bits per heavy atom. The van der Waals surface area contributed by atoms with Crippen molar-refractivity contribution in [2.24, 2.45) is 5.10 Å². The quantitative estimate of drug-likeness (QED) is 0.485. The number of imidazole rings is 1. The van der Waals surface area contributed by atoms with E-state index in [0.717, 1.165) is 14.6 Å². The second-order valence-corrected chi connectivity index (χ2v) is 6.66. The monoisotopic (exact) mass is 438 g/mol. The van der Waals surface area contributed by atoms with Crippen molar-refractivity contribution in [3.8, 4) is 0 Å². The number of para-hydroxylation sites is 2. The predicted octanol–water partition coefficient (Wildman–Crippen LogP) is 4.36. The van der Waals surface area contributed by atoms with E-state index in [1.165, 1.54) is 12.1 Å². The van der Waals surface area contributed by atoms with Crippen LogP contribution in [0.2, 0.25) is 0 Å². The molecule has 0 atom stereocenters. The molecule has 0 saturated heterocycles. The molecule has 0 aliphatic rings. The lowest BCUT2D eigenvalue weighted by molar-refractivity contribution is -0.147. The van der Waals surface area contributed by atoms with Crippen LogP contribution in [0.3, 0.4) is 0 Å². The van der Waals surface area contributed by atoms with E-state index in [2.05, 4.69) is 31.4 Å². The number of rotatable bonds is 4. The van der Waals surface area contributed by atoms with Gasteiger partial charge in [0.25, 0.3) is 5.91 Å². The zero-order chi connectivity index (χ0) is 19.6. The molecule has 5 nitrogen and oxygen atoms in total. The summed E-state index contributed by atoms with van der Waals surface area (Å²) in [5, 5.41) is 3.96. The van der Waals surface area contributed by atoms with Crippen LogP contribution in [0.5, 0.6) is 0 Å². The Kier molecular flexibility index (Phi) is 5.31. The number of nitrogens with zero attached hydrogens (tertiary/aromatic N) is 3. The third kappa shape index (κ3) is 4.36. The molecule has 1 N–H and O–H groups in total. The molecule has 0 fully saturated rings. The van der Waals surface area contributed by atoms with Gasteiger partial charge in [-0.15, -0.1) is 0 Å². The highest BCUT2D eigenvalue weighted by atomic mass is 79.9. The number of fused-ring (bicyclic) bond motifs is 1. The summed E-state index contributed by atoms with van der Waals surface area (Å²) in [6.07, 6.45) is -4.67. The summed E-state index contributed by atoms with van der Waals surface area (Å²) in [4.78, 5) is 15.8. The van der Waals surface area contributed by atoms with Crippen LogP contribution in [0.15, 0.2) is 58.1 Å². The summed E-state index contributed by atoms with van der Waals surface area (Å²) < 4.78 is 41.5. The van der Waals surface area contributed by atoms with Crippen LogP contribution in [0.4, 0.5) is 13.2 Å². The Bertz CT molecular complexity index is 1010. The van der Waals surface area contributed by atoms with Crippen LogP contribution < -0.4 is 5.43 Å². The number of carbonyl (C=O) groups is 1. The van der Waals surface area contributed by atoms with Crippen LogP contribution in [-0.4, -0.2) is 21.2 Å². The zero-order valence-electron chi connectivity index (χ0n) is 14.1. The third-order valence-electron chi connectivity index (χ3n) is 3.82. The third-order valence-corrected chi connectivity index (χ3v) is 4.35. The van der Waals surface area contributed by atoms with Crippen LogP contribution >= 0.6 is 15.9 Å². The Labute approximate surface area is 161 Å². The van der Waals surface area contributed by atoms with Crippen molar-refractivity contribution in [1.29, 1.82) is 0 Å². The molecule has 3 rings (SSSR count). The highest BCUT2D eigenvalue weighted by Gasteiger charge is 2.37. The summed E-state index contributed by atoms with van der Waals surface area (Å²) in [6.45, 7) is 1.14. The van der Waals surface area contributed by atoms with E-state index in [4.69, 9.17) is 0 Å². The second-order valence-electron chi connectivity index (χ2n) is 5.75. The maximum absolute atomic E-state index is 13.3. The molecule has 0 radical (unpaired) electrons. The first-order valence-corrected chi connectivity index (χ1v) is 8.66. The second kappa shape index (κ2) is 7.51. The van der Waals surface area contributed by atoms with Gasteiger partial charge in [0.1, 0.15) is 6.54 Å². The number of alkyl halides is 3. The number of hydrogen-bond donors (Lipinski definition) is 1. The molecule has 1 heterocycles. The van der Waals surface area contributed by atoms with Crippen molar-refractivity contribution < 1.29 is 18.0 Å². The van der Waals surface area contributed by atoms with Crippen molar-refractivity contribution in [2.75, 3.05) is 0 Å². The fourth-order valence-corrected chi connectivity index (χ4v) is 2.80. The van der Waals surface area contributed by atoms with Crippen molar-refractivity contribution in [2.45, 2.75) is 19.6 Å². The van der Waals surface area contributed by atoms with Crippen molar-refractivity contribution >= 4 is 38.6 Å². The number of amides is 1. The number of nitrogens with one attached hydrogen (secondary N) is 1. The molecule has 140 valence electrons. The first-order chi connectivity index (χ1) is 12.8. The Balaban J connectivity index is 1.82. The predicted molar refractivity (Wildman–Crippen MR) is 99.2 cm³/mol. The molecule has 1 aromatic heterocycles. The van der Waals surface area contributed by atoms with Gasteiger partial charge < -0.3 is 4.57 Å². The Morgan fingerprint density at radius 2 is 1.85 bits per heavy atom. The lowest BCUT2D eigenvalue weighted by Gasteiger charge is -2.10. The summed E-state index contributed by atoms with van der Waals surface area (Å²) in [5.74, 6) is -1.80. The van der Waals surface area contributed by atoms with Gasteiger partial charge in [0, 0.05) is 4.47 Å². The van der Waals surface area contributed by atoms with Gasteiger partial charge in [-0.05, 0) is 36.8 Å². The zero-order valence-corrected chi connectivity index (χ0v) is 15.7. The fraction of sp³-hybridized carbons (Fsp3) is 0.167. The normalized spacial score (nSPS) is 12.4. The SMILES string of the molecule is C/C(=N\NC(=O)Cn1c(C(F)(F)F)nc2ccccc21)c1ccc(Br)cc1. The fourth-order valence-electron chi connectivity index (χ4n) is 2.53. The van der Waals surface area contributed by atoms with Gasteiger partial charge in [0.2, 0.25) is 5.82 Å². The largest absolute Gasteiger partial charge is 0.449 e. The van der Waals surface area contributed by atoms with E-state index >= 15 is 0 Å². The molecule has 3 aromatic rings. The summed E-state index contributed by atoms with van der Waals surface area (Å²) in [5.41, 5.74) is 4.01. The van der Waals surface area contributed by atoms with Gasteiger partial charge in [0.05, 0.1) is 16.7 Å². The van der Waals surface area contributed by atoms with E-state index in [1.807, 2.05) is 12.1 Å². The topological polar surface area (TPSA) is 59.3 Å². The molecule has 0 aliphatic heterocycles. The van der Waals surface area contributed by atoms with Crippen LogP contribution in [-0.2, 0) is 17.5 Å². The maximum Gasteiger partial charge on any atom is 0.449 e. The first kappa shape index (κ1) is 19.1. The smallest absolute Gasteiger partial charge is 0.311 e. The Morgan fingerprint density at radius 1 is 1.19 bits per heavy atom. The minimum atomic E-state index is -4.67. The molecular formula is C18H14BrF3N4O. The first-order valence-electron chi connectivity index (χ1n) is 7.87. The number of benzene rings is 2. The van der Waals surface area contributed by atoms with Crippen molar-refractivity contribution in [3.63, 3.8) is 0 Å². The molecule has 0 spiro atoms. The van der Waals surface area contributed by atoms with Crippen LogP contribution in [0, 0.1) is 0 Å².